The first-order valence-electron chi connectivity index (χ1n) is 6.46. The molecular weight excluding hydrogens is 320 g/mol. The maximum absolute atomic E-state index is 5.14. The number of halogens is 1. The van der Waals surface area contributed by atoms with Crippen LogP contribution in [0.5, 0.6) is 0 Å². The number of pyridine rings is 1. The fraction of sp³-hybridized carbons (Fsp3) is 0.429. The molecule has 0 aliphatic rings. The van der Waals surface area contributed by atoms with Crippen molar-refractivity contribution in [1.82, 2.24) is 20.1 Å². The first kappa shape index (κ1) is 15.2. The lowest BCUT2D eigenvalue weighted by atomic mass is 10.0. The standard InChI is InChI=1S/C14H19BrN4O/c1-10-6-11(8-17-7-10)13(16-2)14-12(15)9-18-19(14)4-5-20-3/h6-9,13,16H,4-5H2,1-3H3. The van der Waals surface area contributed by atoms with Gasteiger partial charge in [0.2, 0.25) is 0 Å². The highest BCUT2D eigenvalue weighted by Crippen LogP contribution is 2.28. The molecule has 0 spiro atoms. The van der Waals surface area contributed by atoms with E-state index in [2.05, 4.69) is 37.4 Å². The van der Waals surface area contributed by atoms with E-state index < -0.39 is 0 Å². The van der Waals surface area contributed by atoms with E-state index in [1.165, 1.54) is 0 Å². The summed E-state index contributed by atoms with van der Waals surface area (Å²) < 4.78 is 8.08. The SMILES string of the molecule is CNC(c1cncc(C)c1)c1c(Br)cnn1CCOC. The maximum Gasteiger partial charge on any atom is 0.0772 e. The van der Waals surface area contributed by atoms with Gasteiger partial charge in [0.25, 0.3) is 0 Å². The van der Waals surface area contributed by atoms with E-state index in [0.717, 1.165) is 27.8 Å². The zero-order chi connectivity index (χ0) is 14.5. The number of aromatic nitrogens is 3. The Balaban J connectivity index is 2.38. The average Bonchev–Trinajstić information content (AvgIpc) is 2.79. The van der Waals surface area contributed by atoms with Gasteiger partial charge in [-0.3, -0.25) is 9.67 Å². The minimum absolute atomic E-state index is 0.0381. The monoisotopic (exact) mass is 338 g/mol. The lowest BCUT2D eigenvalue weighted by Gasteiger charge is -2.19. The summed E-state index contributed by atoms with van der Waals surface area (Å²) in [5.41, 5.74) is 3.34. The van der Waals surface area contributed by atoms with Crippen molar-refractivity contribution in [1.29, 1.82) is 0 Å². The second-order valence-corrected chi connectivity index (χ2v) is 5.47. The van der Waals surface area contributed by atoms with Crippen LogP contribution in [0.4, 0.5) is 0 Å². The Labute approximate surface area is 127 Å². The van der Waals surface area contributed by atoms with E-state index in [9.17, 15) is 0 Å². The number of hydrogen-bond acceptors (Lipinski definition) is 4. The Hall–Kier alpha value is -1.24. The van der Waals surface area contributed by atoms with Crippen molar-refractivity contribution in [3.63, 3.8) is 0 Å². The van der Waals surface area contributed by atoms with Gasteiger partial charge >= 0.3 is 0 Å². The molecule has 0 saturated carbocycles. The van der Waals surface area contributed by atoms with Gasteiger partial charge in [0.05, 0.1) is 35.6 Å². The van der Waals surface area contributed by atoms with Crippen molar-refractivity contribution in [3.05, 3.63) is 46.0 Å². The van der Waals surface area contributed by atoms with Gasteiger partial charge < -0.3 is 10.1 Å². The zero-order valence-corrected chi connectivity index (χ0v) is 13.5. The quantitative estimate of drug-likeness (QED) is 0.878. The van der Waals surface area contributed by atoms with Gasteiger partial charge in [0, 0.05) is 19.5 Å². The normalized spacial score (nSPS) is 12.6. The van der Waals surface area contributed by atoms with E-state index >= 15 is 0 Å². The van der Waals surface area contributed by atoms with Crippen molar-refractivity contribution in [3.8, 4) is 0 Å². The molecule has 0 fully saturated rings. The Morgan fingerprint density at radius 3 is 2.85 bits per heavy atom. The molecule has 0 aromatic carbocycles. The van der Waals surface area contributed by atoms with Crippen LogP contribution in [0.25, 0.3) is 0 Å². The second kappa shape index (κ2) is 6.97. The number of rotatable bonds is 6. The summed E-state index contributed by atoms with van der Waals surface area (Å²) >= 11 is 3.58. The molecule has 6 heteroatoms. The fourth-order valence-corrected chi connectivity index (χ4v) is 2.74. The molecule has 0 radical (unpaired) electrons. The van der Waals surface area contributed by atoms with Crippen molar-refractivity contribution >= 4 is 15.9 Å². The Bertz CT molecular complexity index is 570. The lowest BCUT2D eigenvalue weighted by Crippen LogP contribution is -2.23. The first-order valence-corrected chi connectivity index (χ1v) is 7.25. The average molecular weight is 339 g/mol. The number of hydrogen-bond donors (Lipinski definition) is 1. The third kappa shape index (κ3) is 3.26. The topological polar surface area (TPSA) is 52.0 Å². The van der Waals surface area contributed by atoms with Crippen LogP contribution in [0.15, 0.2) is 29.1 Å². The van der Waals surface area contributed by atoms with E-state index in [-0.39, 0.29) is 6.04 Å². The van der Waals surface area contributed by atoms with Crippen LogP contribution in [-0.2, 0) is 11.3 Å². The Morgan fingerprint density at radius 2 is 2.20 bits per heavy atom. The number of nitrogens with zero attached hydrogens (tertiary/aromatic N) is 3. The highest BCUT2D eigenvalue weighted by atomic mass is 79.9. The lowest BCUT2D eigenvalue weighted by molar-refractivity contribution is 0.182. The van der Waals surface area contributed by atoms with Gasteiger partial charge in [-0.15, -0.1) is 0 Å². The van der Waals surface area contributed by atoms with Gasteiger partial charge in [-0.2, -0.15) is 5.10 Å². The molecule has 2 rings (SSSR count). The van der Waals surface area contributed by atoms with Crippen LogP contribution < -0.4 is 5.32 Å². The van der Waals surface area contributed by atoms with E-state index in [4.69, 9.17) is 4.74 Å². The van der Waals surface area contributed by atoms with Crippen LogP contribution in [0.3, 0.4) is 0 Å². The molecule has 0 amide bonds. The minimum atomic E-state index is 0.0381. The molecule has 2 aromatic rings. The van der Waals surface area contributed by atoms with E-state index in [1.807, 2.05) is 37.2 Å². The summed E-state index contributed by atoms with van der Waals surface area (Å²) in [7, 11) is 3.63. The van der Waals surface area contributed by atoms with Crippen LogP contribution in [-0.4, -0.2) is 35.5 Å². The van der Waals surface area contributed by atoms with Crippen LogP contribution in [0, 0.1) is 6.92 Å². The molecule has 1 N–H and O–H groups in total. The number of methoxy groups -OCH3 is 1. The molecule has 0 bridgehead atoms. The number of aryl methyl sites for hydroxylation is 1. The molecule has 20 heavy (non-hydrogen) atoms. The smallest absolute Gasteiger partial charge is 0.0772 e. The molecule has 2 heterocycles. The van der Waals surface area contributed by atoms with Gasteiger partial charge in [-0.25, -0.2) is 0 Å². The summed E-state index contributed by atoms with van der Waals surface area (Å²) in [6, 6.07) is 2.17. The van der Waals surface area contributed by atoms with Crippen molar-refractivity contribution in [2.45, 2.75) is 19.5 Å². The summed E-state index contributed by atoms with van der Waals surface area (Å²) in [6.45, 7) is 3.39. The Kier molecular flexibility index (Phi) is 5.28. The summed E-state index contributed by atoms with van der Waals surface area (Å²) in [5.74, 6) is 0. The molecule has 1 atom stereocenters. The predicted molar refractivity (Wildman–Crippen MR) is 81.7 cm³/mol. The van der Waals surface area contributed by atoms with Gasteiger partial charge in [-0.05, 0) is 41.0 Å². The molecule has 2 aromatic heterocycles. The summed E-state index contributed by atoms with van der Waals surface area (Å²) in [4.78, 5) is 4.27. The molecule has 1 unspecified atom stereocenters. The van der Waals surface area contributed by atoms with Gasteiger partial charge in [0.15, 0.2) is 0 Å². The van der Waals surface area contributed by atoms with Gasteiger partial charge in [-0.1, -0.05) is 6.07 Å². The van der Waals surface area contributed by atoms with Crippen LogP contribution in [0.2, 0.25) is 0 Å². The molecule has 0 aliphatic heterocycles. The van der Waals surface area contributed by atoms with Gasteiger partial charge in [0.1, 0.15) is 0 Å². The molecule has 108 valence electrons. The van der Waals surface area contributed by atoms with E-state index in [1.54, 1.807) is 7.11 Å². The van der Waals surface area contributed by atoms with Crippen LogP contribution >= 0.6 is 15.9 Å². The molecule has 0 aliphatic carbocycles. The summed E-state index contributed by atoms with van der Waals surface area (Å²) in [6.07, 6.45) is 5.56. The maximum atomic E-state index is 5.14. The highest BCUT2D eigenvalue weighted by Gasteiger charge is 2.20. The fourth-order valence-electron chi connectivity index (χ4n) is 2.21. The van der Waals surface area contributed by atoms with Crippen molar-refractivity contribution < 1.29 is 4.74 Å². The zero-order valence-electron chi connectivity index (χ0n) is 11.9. The third-order valence-electron chi connectivity index (χ3n) is 3.13. The van der Waals surface area contributed by atoms with Crippen molar-refractivity contribution in [2.24, 2.45) is 0 Å². The largest absolute Gasteiger partial charge is 0.383 e. The predicted octanol–water partition coefficient (Wildman–Crippen LogP) is 2.30. The van der Waals surface area contributed by atoms with Crippen molar-refractivity contribution in [2.75, 3.05) is 20.8 Å². The number of nitrogens with one attached hydrogen (secondary N) is 1. The van der Waals surface area contributed by atoms with E-state index in [0.29, 0.717) is 6.61 Å². The summed E-state index contributed by atoms with van der Waals surface area (Å²) in [5, 5.41) is 7.73. The first-order chi connectivity index (χ1) is 9.67. The Morgan fingerprint density at radius 1 is 1.40 bits per heavy atom. The highest BCUT2D eigenvalue weighted by molar-refractivity contribution is 9.10. The molecular formula is C14H19BrN4O. The number of ether oxygens (including phenoxy) is 1. The minimum Gasteiger partial charge on any atom is -0.383 e. The molecule has 0 saturated heterocycles. The molecule has 5 nitrogen and oxygen atoms in total. The third-order valence-corrected chi connectivity index (χ3v) is 3.74. The second-order valence-electron chi connectivity index (χ2n) is 4.61. The van der Waals surface area contributed by atoms with Crippen LogP contribution in [0.1, 0.15) is 22.9 Å².